The molecule has 0 aliphatic heterocycles. The Labute approximate surface area is 173 Å². The smallest absolute Gasteiger partial charge is 0.341 e. The number of carbonyl (C=O) groups excluding carboxylic acids is 1. The van der Waals surface area contributed by atoms with E-state index in [9.17, 15) is 19.6 Å². The van der Waals surface area contributed by atoms with Gasteiger partial charge in [0.05, 0.1) is 9.13 Å². The molecule has 3 N–H and O–H groups in total. The van der Waals surface area contributed by atoms with Gasteiger partial charge in [-0.2, -0.15) is 5.26 Å². The predicted molar refractivity (Wildman–Crippen MR) is 108 cm³/mol. The van der Waals surface area contributed by atoms with E-state index in [2.05, 4.69) is 5.32 Å². The first kappa shape index (κ1) is 20.9. The van der Waals surface area contributed by atoms with Gasteiger partial charge in [-0.25, -0.2) is 9.59 Å². The van der Waals surface area contributed by atoms with Crippen molar-refractivity contribution in [1.29, 1.82) is 5.26 Å². The number of carbonyl (C=O) groups is 3. The zero-order chi connectivity index (χ0) is 20.7. The molecule has 0 atom stereocenters. The Morgan fingerprint density at radius 2 is 1.93 bits per heavy atom. The van der Waals surface area contributed by atoms with Crippen LogP contribution < -0.4 is 10.1 Å². The van der Waals surface area contributed by atoms with Gasteiger partial charge in [0.2, 0.25) is 0 Å². The van der Waals surface area contributed by atoms with E-state index in [0.717, 1.165) is 0 Å². The third-order valence-electron chi connectivity index (χ3n) is 3.35. The Morgan fingerprint density at radius 3 is 2.54 bits per heavy atom. The van der Waals surface area contributed by atoms with Gasteiger partial charge in [0, 0.05) is 5.69 Å². The Morgan fingerprint density at radius 1 is 1.18 bits per heavy atom. The van der Waals surface area contributed by atoms with E-state index >= 15 is 0 Å². The molecule has 0 heterocycles. The number of rotatable bonds is 7. The van der Waals surface area contributed by atoms with E-state index in [1.165, 1.54) is 30.3 Å². The first-order chi connectivity index (χ1) is 13.3. The van der Waals surface area contributed by atoms with E-state index in [0.29, 0.717) is 14.9 Å². The Bertz CT molecular complexity index is 1010. The zero-order valence-corrected chi connectivity index (χ0v) is 16.3. The molecule has 2 aromatic rings. The van der Waals surface area contributed by atoms with Gasteiger partial charge in [-0.05, 0) is 64.6 Å². The van der Waals surface area contributed by atoms with Crippen molar-refractivity contribution in [3.05, 3.63) is 62.7 Å². The molecule has 0 spiro atoms. The van der Waals surface area contributed by atoms with Crippen LogP contribution in [-0.2, 0) is 9.59 Å². The van der Waals surface area contributed by atoms with Crippen molar-refractivity contribution in [2.75, 3.05) is 11.9 Å². The van der Waals surface area contributed by atoms with Gasteiger partial charge in [0.15, 0.2) is 6.61 Å². The molecule has 0 bridgehead atoms. The van der Waals surface area contributed by atoms with Crippen molar-refractivity contribution in [1.82, 2.24) is 0 Å². The number of halogens is 1. The van der Waals surface area contributed by atoms with Crippen molar-refractivity contribution in [2.24, 2.45) is 0 Å². The van der Waals surface area contributed by atoms with Gasteiger partial charge in [-0.1, -0.05) is 12.1 Å². The van der Waals surface area contributed by atoms with Gasteiger partial charge in [-0.15, -0.1) is 0 Å². The van der Waals surface area contributed by atoms with Crippen LogP contribution in [0.4, 0.5) is 5.69 Å². The molecule has 0 radical (unpaired) electrons. The van der Waals surface area contributed by atoms with Crippen LogP contribution in [-0.4, -0.2) is 34.7 Å². The summed E-state index contributed by atoms with van der Waals surface area (Å²) in [6.07, 6.45) is 1.36. The summed E-state index contributed by atoms with van der Waals surface area (Å²) in [6, 6.07) is 12.2. The van der Waals surface area contributed by atoms with Crippen LogP contribution in [0.15, 0.2) is 48.0 Å². The van der Waals surface area contributed by atoms with Crippen LogP contribution in [0.5, 0.6) is 5.75 Å². The van der Waals surface area contributed by atoms with Gasteiger partial charge in [0.1, 0.15) is 17.4 Å². The molecular weight excluding hydrogens is 479 g/mol. The van der Waals surface area contributed by atoms with E-state index in [1.807, 2.05) is 22.6 Å². The highest BCUT2D eigenvalue weighted by molar-refractivity contribution is 14.1. The summed E-state index contributed by atoms with van der Waals surface area (Å²) in [7, 11) is 0. The van der Waals surface area contributed by atoms with Gasteiger partial charge in [0.25, 0.3) is 5.91 Å². The lowest BCUT2D eigenvalue weighted by atomic mass is 10.1. The molecule has 0 saturated carbocycles. The molecule has 0 fully saturated rings. The van der Waals surface area contributed by atoms with Crippen molar-refractivity contribution in [3.63, 3.8) is 0 Å². The highest BCUT2D eigenvalue weighted by Crippen LogP contribution is 2.23. The van der Waals surface area contributed by atoms with Crippen molar-refractivity contribution in [2.45, 2.75) is 0 Å². The zero-order valence-electron chi connectivity index (χ0n) is 14.2. The first-order valence-electron chi connectivity index (χ1n) is 7.71. The molecular formula is C19H13IN2O6. The lowest BCUT2D eigenvalue weighted by Gasteiger charge is -2.07. The number of aromatic carboxylic acids is 1. The lowest BCUT2D eigenvalue weighted by Crippen LogP contribution is -2.14. The third-order valence-corrected chi connectivity index (χ3v) is 4.19. The maximum atomic E-state index is 12.3. The molecule has 28 heavy (non-hydrogen) atoms. The highest BCUT2D eigenvalue weighted by Gasteiger charge is 2.12. The predicted octanol–water partition coefficient (Wildman–Crippen LogP) is 3.00. The molecule has 9 heteroatoms. The summed E-state index contributed by atoms with van der Waals surface area (Å²) in [6.45, 7) is -0.480. The largest absolute Gasteiger partial charge is 0.481 e. The summed E-state index contributed by atoms with van der Waals surface area (Å²) >= 11 is 1.95. The number of amides is 1. The lowest BCUT2D eigenvalue weighted by molar-refractivity contribution is -0.139. The number of benzene rings is 2. The fraction of sp³-hybridized carbons (Fsp3) is 0.0526. The summed E-state index contributed by atoms with van der Waals surface area (Å²) in [5.74, 6) is -2.55. The second-order valence-electron chi connectivity index (χ2n) is 5.38. The molecule has 0 aromatic heterocycles. The number of carboxylic acid groups (broad SMARTS) is 2. The van der Waals surface area contributed by atoms with Crippen LogP contribution >= 0.6 is 22.6 Å². The second kappa shape index (κ2) is 9.52. The molecule has 2 rings (SSSR count). The van der Waals surface area contributed by atoms with Gasteiger partial charge < -0.3 is 20.3 Å². The summed E-state index contributed by atoms with van der Waals surface area (Å²) in [5.41, 5.74) is 0.610. The molecule has 2 aromatic carbocycles. The van der Waals surface area contributed by atoms with Crippen molar-refractivity contribution < 1.29 is 29.3 Å². The van der Waals surface area contributed by atoms with E-state index in [-0.39, 0.29) is 16.8 Å². The normalized spacial score (nSPS) is 10.6. The van der Waals surface area contributed by atoms with Gasteiger partial charge >= 0.3 is 11.9 Å². The molecule has 8 nitrogen and oxygen atoms in total. The number of ether oxygens (including phenoxy) is 1. The van der Waals surface area contributed by atoms with Crippen LogP contribution in [0.2, 0.25) is 0 Å². The third kappa shape index (κ3) is 5.82. The van der Waals surface area contributed by atoms with Crippen LogP contribution in [0.1, 0.15) is 15.9 Å². The minimum absolute atomic E-state index is 0.00629. The molecule has 0 unspecified atom stereocenters. The van der Waals surface area contributed by atoms with E-state index < -0.39 is 24.5 Å². The first-order valence-corrected chi connectivity index (χ1v) is 8.78. The topological polar surface area (TPSA) is 137 Å². The van der Waals surface area contributed by atoms with Crippen molar-refractivity contribution in [3.8, 4) is 11.8 Å². The Balaban J connectivity index is 2.19. The van der Waals surface area contributed by atoms with Crippen LogP contribution in [0.3, 0.4) is 0 Å². The van der Waals surface area contributed by atoms with Crippen LogP contribution in [0, 0.1) is 14.9 Å². The SMILES string of the molecule is N#CC(=Cc1ccc(OCC(=O)O)c(I)c1)C(=O)Nc1cccc(C(=O)O)c1. The fourth-order valence-electron chi connectivity index (χ4n) is 2.11. The number of hydrogen-bond acceptors (Lipinski definition) is 5. The standard InChI is InChI=1S/C19H13IN2O6/c20-15-7-11(4-5-16(15)28-10-17(23)24)6-13(9-21)18(25)22-14-3-1-2-12(8-14)19(26)27/h1-8H,10H2,(H,22,25)(H,23,24)(H,26,27). The molecule has 1 amide bonds. The summed E-state index contributed by atoms with van der Waals surface area (Å²) < 4.78 is 5.73. The highest BCUT2D eigenvalue weighted by atomic mass is 127. The Hall–Kier alpha value is -3.39. The number of nitrogens with zero attached hydrogens (tertiary/aromatic N) is 1. The number of nitriles is 1. The molecule has 0 saturated heterocycles. The average Bonchev–Trinajstić information content (AvgIpc) is 2.65. The van der Waals surface area contributed by atoms with Gasteiger partial charge in [-0.3, -0.25) is 4.79 Å². The Kier molecular flexibility index (Phi) is 7.11. The minimum Gasteiger partial charge on any atom is -0.481 e. The maximum absolute atomic E-state index is 12.3. The fourth-order valence-corrected chi connectivity index (χ4v) is 2.80. The minimum atomic E-state index is -1.13. The van der Waals surface area contributed by atoms with Crippen LogP contribution in [0.25, 0.3) is 6.08 Å². The summed E-state index contributed by atoms with van der Waals surface area (Å²) in [4.78, 5) is 33.9. The summed E-state index contributed by atoms with van der Waals surface area (Å²) in [5, 5.41) is 29.4. The number of aliphatic carboxylic acids is 1. The molecule has 0 aliphatic rings. The average molecular weight is 492 g/mol. The number of carboxylic acids is 2. The molecule has 0 aliphatic carbocycles. The number of anilines is 1. The monoisotopic (exact) mass is 492 g/mol. The van der Waals surface area contributed by atoms with Crippen molar-refractivity contribution >= 4 is 52.2 Å². The van der Waals surface area contributed by atoms with E-state index in [4.69, 9.17) is 14.9 Å². The van der Waals surface area contributed by atoms with E-state index in [1.54, 1.807) is 24.3 Å². The maximum Gasteiger partial charge on any atom is 0.341 e. The molecule has 142 valence electrons. The number of hydrogen-bond donors (Lipinski definition) is 3. The quantitative estimate of drug-likeness (QED) is 0.307. The number of nitrogens with one attached hydrogen (secondary N) is 1. The second-order valence-corrected chi connectivity index (χ2v) is 6.54.